The summed E-state index contributed by atoms with van der Waals surface area (Å²) < 4.78 is 0. The molecule has 0 aromatic rings. The lowest BCUT2D eigenvalue weighted by atomic mass is 9.96. The van der Waals surface area contributed by atoms with Crippen molar-refractivity contribution < 1.29 is 24.3 Å². The van der Waals surface area contributed by atoms with Crippen molar-refractivity contribution in [3.8, 4) is 0 Å². The second-order valence-corrected chi connectivity index (χ2v) is 7.77. The zero-order valence-corrected chi connectivity index (χ0v) is 18.7. The van der Waals surface area contributed by atoms with Gasteiger partial charge in [-0.25, -0.2) is 4.79 Å². The van der Waals surface area contributed by atoms with Gasteiger partial charge in [0, 0.05) is 6.54 Å². The van der Waals surface area contributed by atoms with E-state index in [1.807, 2.05) is 6.92 Å². The van der Waals surface area contributed by atoms with Gasteiger partial charge in [0.25, 0.3) is 0 Å². The molecule has 4 atom stereocenters. The number of carbonyl (C=O) groups is 4. The van der Waals surface area contributed by atoms with Crippen molar-refractivity contribution in [3.63, 3.8) is 0 Å². The lowest BCUT2D eigenvalue weighted by Crippen LogP contribution is -2.56. The summed E-state index contributed by atoms with van der Waals surface area (Å²) in [5, 5.41) is 16.7. The number of aliphatic imine (C=N–C) groups is 1. The Morgan fingerprint density at radius 3 is 2.13 bits per heavy atom. The fourth-order valence-electron chi connectivity index (χ4n) is 2.54. The Hall–Kier alpha value is -2.89. The molecule has 0 aromatic heterocycles. The van der Waals surface area contributed by atoms with Gasteiger partial charge in [0.1, 0.15) is 12.1 Å². The maximum absolute atomic E-state index is 12.6. The number of nitrogens with zero attached hydrogens (tertiary/aromatic N) is 1. The molecule has 0 saturated carbocycles. The Morgan fingerprint density at radius 1 is 1.03 bits per heavy atom. The number of nitrogens with two attached hydrogens (primary N) is 3. The summed E-state index contributed by atoms with van der Waals surface area (Å²) in [7, 11) is 0. The predicted molar refractivity (Wildman–Crippen MR) is 117 cm³/mol. The van der Waals surface area contributed by atoms with Crippen LogP contribution in [0.3, 0.4) is 0 Å². The Balaban J connectivity index is 4.83. The van der Waals surface area contributed by atoms with Crippen LogP contribution in [0.4, 0.5) is 0 Å². The molecule has 4 unspecified atom stereocenters. The average Bonchev–Trinajstić information content (AvgIpc) is 2.70. The number of amides is 3. The Labute approximate surface area is 182 Å². The van der Waals surface area contributed by atoms with E-state index >= 15 is 0 Å². The molecular weight excluding hydrogens is 406 g/mol. The number of guanidine groups is 1. The largest absolute Gasteiger partial charge is 0.480 e. The molecule has 0 aliphatic carbocycles. The minimum Gasteiger partial charge on any atom is -0.480 e. The van der Waals surface area contributed by atoms with E-state index in [-0.39, 0.29) is 30.8 Å². The first-order valence-corrected chi connectivity index (χ1v) is 10.3. The van der Waals surface area contributed by atoms with E-state index in [1.54, 1.807) is 20.8 Å². The fourth-order valence-corrected chi connectivity index (χ4v) is 2.54. The molecule has 0 fully saturated rings. The summed E-state index contributed by atoms with van der Waals surface area (Å²) in [6.07, 6.45) is 1.07. The van der Waals surface area contributed by atoms with Gasteiger partial charge in [-0.3, -0.25) is 19.4 Å². The molecule has 0 spiro atoms. The van der Waals surface area contributed by atoms with Crippen molar-refractivity contribution in [2.24, 2.45) is 34.0 Å². The Bertz CT molecular complexity index is 650. The van der Waals surface area contributed by atoms with E-state index in [0.717, 1.165) is 0 Å². The number of aliphatic carboxylic acids is 1. The van der Waals surface area contributed by atoms with E-state index in [9.17, 15) is 24.3 Å². The molecule has 0 aliphatic heterocycles. The van der Waals surface area contributed by atoms with Crippen LogP contribution in [0.5, 0.6) is 0 Å². The molecule has 31 heavy (non-hydrogen) atoms. The number of carboxylic acids is 1. The standard InChI is InChI=1S/C19H37N7O5/c1-5-11(4)15(26-16(28)14(20)10(2)3)17(29)24-9-13(27)25-12(18(30)31)7-6-8-23-19(21)22/h10-12,14-15H,5-9,20H2,1-4H3,(H,24,29)(H,25,27)(H,26,28)(H,30,31)(H4,21,22,23). The molecular formula is C19H37N7O5. The first-order chi connectivity index (χ1) is 14.4. The number of rotatable bonds is 14. The van der Waals surface area contributed by atoms with Crippen LogP contribution in [0, 0.1) is 11.8 Å². The quantitative estimate of drug-likeness (QED) is 0.0924. The molecule has 0 radical (unpaired) electrons. The van der Waals surface area contributed by atoms with Crippen LogP contribution in [-0.4, -0.2) is 66.0 Å². The minimum atomic E-state index is -1.21. The highest BCUT2D eigenvalue weighted by Crippen LogP contribution is 2.09. The topological polar surface area (TPSA) is 215 Å². The lowest BCUT2D eigenvalue weighted by molar-refractivity contribution is -0.142. The smallest absolute Gasteiger partial charge is 0.326 e. The van der Waals surface area contributed by atoms with Crippen molar-refractivity contribution in [1.82, 2.24) is 16.0 Å². The molecule has 3 amide bonds. The van der Waals surface area contributed by atoms with Gasteiger partial charge in [-0.1, -0.05) is 34.1 Å². The van der Waals surface area contributed by atoms with Crippen molar-refractivity contribution in [2.75, 3.05) is 13.1 Å². The van der Waals surface area contributed by atoms with Gasteiger partial charge < -0.3 is 38.3 Å². The average molecular weight is 444 g/mol. The number of carbonyl (C=O) groups excluding carboxylic acids is 3. The van der Waals surface area contributed by atoms with Crippen LogP contribution in [0.2, 0.25) is 0 Å². The van der Waals surface area contributed by atoms with Gasteiger partial charge in [-0.15, -0.1) is 0 Å². The highest BCUT2D eigenvalue weighted by Gasteiger charge is 2.29. The molecule has 0 heterocycles. The Kier molecular flexibility index (Phi) is 12.9. The van der Waals surface area contributed by atoms with Crippen LogP contribution in [-0.2, 0) is 19.2 Å². The van der Waals surface area contributed by atoms with Gasteiger partial charge >= 0.3 is 5.97 Å². The zero-order valence-electron chi connectivity index (χ0n) is 18.7. The third-order valence-electron chi connectivity index (χ3n) is 4.82. The second kappa shape index (κ2) is 14.2. The van der Waals surface area contributed by atoms with E-state index in [0.29, 0.717) is 12.8 Å². The van der Waals surface area contributed by atoms with Crippen LogP contribution in [0.1, 0.15) is 47.0 Å². The van der Waals surface area contributed by atoms with Gasteiger partial charge in [0.15, 0.2) is 5.96 Å². The number of nitrogens with one attached hydrogen (secondary N) is 3. The van der Waals surface area contributed by atoms with Crippen molar-refractivity contribution >= 4 is 29.7 Å². The summed E-state index contributed by atoms with van der Waals surface area (Å²) in [4.78, 5) is 52.0. The Morgan fingerprint density at radius 2 is 1.65 bits per heavy atom. The summed E-state index contributed by atoms with van der Waals surface area (Å²) in [6, 6.07) is -2.78. The summed E-state index contributed by atoms with van der Waals surface area (Å²) in [5.74, 6) is -3.29. The fraction of sp³-hybridized carbons (Fsp3) is 0.737. The molecule has 12 heteroatoms. The summed E-state index contributed by atoms with van der Waals surface area (Å²) in [5.41, 5.74) is 16.2. The number of hydrogen-bond donors (Lipinski definition) is 7. The van der Waals surface area contributed by atoms with E-state index in [1.165, 1.54) is 0 Å². The van der Waals surface area contributed by atoms with Crippen molar-refractivity contribution in [1.29, 1.82) is 0 Å². The highest BCUT2D eigenvalue weighted by molar-refractivity contribution is 5.92. The summed E-state index contributed by atoms with van der Waals surface area (Å²) >= 11 is 0. The molecule has 0 aromatic carbocycles. The SMILES string of the molecule is CCC(C)C(NC(=O)C(N)C(C)C)C(=O)NCC(=O)NC(CCCN=C(N)N)C(=O)O. The van der Waals surface area contributed by atoms with Crippen LogP contribution in [0.15, 0.2) is 4.99 Å². The molecule has 0 saturated heterocycles. The van der Waals surface area contributed by atoms with E-state index < -0.39 is 48.4 Å². The van der Waals surface area contributed by atoms with Gasteiger partial charge in [-0.05, 0) is 24.7 Å². The maximum atomic E-state index is 12.6. The van der Waals surface area contributed by atoms with Crippen LogP contribution >= 0.6 is 0 Å². The highest BCUT2D eigenvalue weighted by atomic mass is 16.4. The van der Waals surface area contributed by atoms with Gasteiger partial charge in [0.05, 0.1) is 12.6 Å². The van der Waals surface area contributed by atoms with Crippen molar-refractivity contribution in [2.45, 2.75) is 65.1 Å². The normalized spacial score (nSPS) is 14.6. The monoisotopic (exact) mass is 443 g/mol. The number of carboxylic acid groups (broad SMARTS) is 1. The zero-order chi connectivity index (χ0) is 24.1. The number of hydrogen-bond acceptors (Lipinski definition) is 6. The first kappa shape index (κ1) is 28.1. The first-order valence-electron chi connectivity index (χ1n) is 10.3. The third kappa shape index (κ3) is 11.2. The van der Waals surface area contributed by atoms with Gasteiger partial charge in [0.2, 0.25) is 17.7 Å². The van der Waals surface area contributed by atoms with Crippen molar-refractivity contribution in [3.05, 3.63) is 0 Å². The van der Waals surface area contributed by atoms with E-state index in [4.69, 9.17) is 17.2 Å². The van der Waals surface area contributed by atoms with Crippen LogP contribution < -0.4 is 33.2 Å². The molecule has 12 nitrogen and oxygen atoms in total. The maximum Gasteiger partial charge on any atom is 0.326 e. The lowest BCUT2D eigenvalue weighted by Gasteiger charge is -2.26. The second-order valence-electron chi connectivity index (χ2n) is 7.77. The molecule has 0 aliphatic rings. The van der Waals surface area contributed by atoms with Gasteiger partial charge in [-0.2, -0.15) is 0 Å². The summed E-state index contributed by atoms with van der Waals surface area (Å²) in [6.45, 7) is 7.05. The minimum absolute atomic E-state index is 0.101. The molecule has 0 rings (SSSR count). The molecule has 0 bridgehead atoms. The third-order valence-corrected chi connectivity index (χ3v) is 4.82. The predicted octanol–water partition coefficient (Wildman–Crippen LogP) is -1.76. The molecule has 178 valence electrons. The molecule has 10 N–H and O–H groups in total. The van der Waals surface area contributed by atoms with E-state index in [2.05, 4.69) is 20.9 Å². The van der Waals surface area contributed by atoms with Crippen LogP contribution in [0.25, 0.3) is 0 Å².